The zero-order chi connectivity index (χ0) is 17.9. The Kier molecular flexibility index (Phi) is 12.8. The summed E-state index contributed by atoms with van der Waals surface area (Å²) in [7, 11) is 1.90. The summed E-state index contributed by atoms with van der Waals surface area (Å²) in [5.74, 6) is 0.879. The molecule has 0 fully saturated rings. The van der Waals surface area contributed by atoms with Crippen LogP contribution in [0.25, 0.3) is 0 Å². The molecule has 0 bridgehead atoms. The third-order valence-corrected chi connectivity index (χ3v) is 4.50. The molecule has 0 unspecified atom stereocenters. The lowest BCUT2D eigenvalue weighted by Gasteiger charge is -2.25. The van der Waals surface area contributed by atoms with Crippen LogP contribution < -0.4 is 5.32 Å². The van der Waals surface area contributed by atoms with Gasteiger partial charge in [-0.25, -0.2) is 4.99 Å². The van der Waals surface area contributed by atoms with E-state index in [1.54, 1.807) is 11.8 Å². The topological polar surface area (TPSA) is 47.9 Å². The Morgan fingerprint density at radius 2 is 1.76 bits per heavy atom. The first-order valence-corrected chi connectivity index (χ1v) is 9.68. The molecule has 0 saturated heterocycles. The molecular weight excluding hydrogens is 447 g/mol. The number of hydrogen-bond acceptors (Lipinski definition) is 3. The Balaban J connectivity index is 0.00000576. The van der Waals surface area contributed by atoms with Crippen molar-refractivity contribution in [3.8, 4) is 0 Å². The number of aliphatic imine (C=N–C) groups is 1. The minimum atomic E-state index is 0. The SMILES string of the molecule is CCNC(=NCc1ccc(SC)cc1)N(C)CC(=O)N(CC)CC.I. The third-order valence-electron chi connectivity index (χ3n) is 3.76. The lowest BCUT2D eigenvalue weighted by atomic mass is 10.2. The summed E-state index contributed by atoms with van der Waals surface area (Å²) in [6, 6.07) is 8.41. The molecule has 0 saturated carbocycles. The summed E-state index contributed by atoms with van der Waals surface area (Å²) in [6.45, 7) is 9.20. The van der Waals surface area contributed by atoms with Crippen LogP contribution in [0.1, 0.15) is 26.3 Å². The van der Waals surface area contributed by atoms with Crippen LogP contribution in [-0.2, 0) is 11.3 Å². The third kappa shape index (κ3) is 8.31. The minimum absolute atomic E-state index is 0. The van der Waals surface area contributed by atoms with E-state index in [9.17, 15) is 4.79 Å². The van der Waals surface area contributed by atoms with Crippen molar-refractivity contribution >= 4 is 47.6 Å². The lowest BCUT2D eigenvalue weighted by Crippen LogP contribution is -2.45. The van der Waals surface area contributed by atoms with Crippen LogP contribution in [0.4, 0.5) is 0 Å². The zero-order valence-corrected chi connectivity index (χ0v) is 19.1. The van der Waals surface area contributed by atoms with Gasteiger partial charge in [0, 0.05) is 31.6 Å². The fraction of sp³-hybridized carbons (Fsp3) is 0.556. The molecule has 1 aromatic rings. The number of carbonyl (C=O) groups excluding carboxylic acids is 1. The second-order valence-corrected chi connectivity index (χ2v) is 6.32. The number of rotatable bonds is 8. The van der Waals surface area contributed by atoms with Crippen LogP contribution in [0.2, 0.25) is 0 Å². The van der Waals surface area contributed by atoms with Gasteiger partial charge in [0.1, 0.15) is 0 Å². The van der Waals surface area contributed by atoms with Gasteiger partial charge in [-0.3, -0.25) is 4.79 Å². The van der Waals surface area contributed by atoms with E-state index < -0.39 is 0 Å². The molecule has 0 radical (unpaired) electrons. The maximum Gasteiger partial charge on any atom is 0.242 e. The number of carbonyl (C=O) groups is 1. The summed E-state index contributed by atoms with van der Waals surface area (Å²) < 4.78 is 0. The molecule has 1 N–H and O–H groups in total. The van der Waals surface area contributed by atoms with E-state index in [-0.39, 0.29) is 29.9 Å². The van der Waals surface area contributed by atoms with Gasteiger partial charge in [0.05, 0.1) is 13.1 Å². The van der Waals surface area contributed by atoms with E-state index in [2.05, 4.69) is 40.8 Å². The molecular formula is C18H31IN4OS. The molecule has 25 heavy (non-hydrogen) atoms. The highest BCUT2D eigenvalue weighted by Crippen LogP contribution is 2.15. The summed E-state index contributed by atoms with van der Waals surface area (Å²) in [5, 5.41) is 3.26. The Hall–Kier alpha value is -0.960. The number of nitrogens with one attached hydrogen (secondary N) is 1. The summed E-state index contributed by atoms with van der Waals surface area (Å²) in [4.78, 5) is 21.9. The van der Waals surface area contributed by atoms with Crippen molar-refractivity contribution in [3.63, 3.8) is 0 Å². The molecule has 0 aromatic heterocycles. The second kappa shape index (κ2) is 13.3. The van der Waals surface area contributed by atoms with Crippen molar-refractivity contribution in [2.24, 2.45) is 4.99 Å². The average Bonchev–Trinajstić information content (AvgIpc) is 2.60. The van der Waals surface area contributed by atoms with Gasteiger partial charge < -0.3 is 15.1 Å². The molecule has 7 heteroatoms. The highest BCUT2D eigenvalue weighted by atomic mass is 127. The molecule has 1 aromatic carbocycles. The van der Waals surface area contributed by atoms with Crippen molar-refractivity contribution in [2.75, 3.05) is 39.5 Å². The molecule has 0 aliphatic rings. The predicted molar refractivity (Wildman–Crippen MR) is 119 cm³/mol. The number of guanidine groups is 1. The van der Waals surface area contributed by atoms with Gasteiger partial charge in [0.15, 0.2) is 5.96 Å². The average molecular weight is 478 g/mol. The Bertz CT molecular complexity index is 532. The molecule has 1 rings (SSSR count). The van der Waals surface area contributed by atoms with Gasteiger partial charge in [-0.15, -0.1) is 35.7 Å². The summed E-state index contributed by atoms with van der Waals surface area (Å²) in [6.07, 6.45) is 2.07. The van der Waals surface area contributed by atoms with Crippen LogP contribution >= 0.6 is 35.7 Å². The van der Waals surface area contributed by atoms with Crippen LogP contribution in [-0.4, -0.2) is 61.1 Å². The number of hydrogen-bond donors (Lipinski definition) is 1. The standard InChI is InChI=1S/C18H30N4OS.HI/c1-6-19-18(21(4)14-17(23)22(7-2)8-3)20-13-15-9-11-16(24-5)12-10-15;/h9-12H,6-8,13-14H2,1-5H3,(H,19,20);1H. The van der Waals surface area contributed by atoms with E-state index in [0.717, 1.165) is 31.2 Å². The van der Waals surface area contributed by atoms with Crippen LogP contribution in [0.3, 0.4) is 0 Å². The first kappa shape index (κ1) is 24.0. The highest BCUT2D eigenvalue weighted by Gasteiger charge is 2.14. The number of nitrogens with zero attached hydrogens (tertiary/aromatic N) is 3. The number of likely N-dealkylation sites (N-methyl/N-ethyl adjacent to an activating group) is 2. The Labute approximate surface area is 173 Å². The van der Waals surface area contributed by atoms with Gasteiger partial charge in [-0.05, 0) is 44.7 Å². The van der Waals surface area contributed by atoms with Crippen molar-refractivity contribution < 1.29 is 4.79 Å². The molecule has 5 nitrogen and oxygen atoms in total. The lowest BCUT2D eigenvalue weighted by molar-refractivity contribution is -0.131. The van der Waals surface area contributed by atoms with Gasteiger partial charge in [-0.2, -0.15) is 0 Å². The first-order valence-electron chi connectivity index (χ1n) is 8.45. The molecule has 0 atom stereocenters. The van der Waals surface area contributed by atoms with Crippen molar-refractivity contribution in [2.45, 2.75) is 32.2 Å². The van der Waals surface area contributed by atoms with E-state index in [1.165, 1.54) is 4.90 Å². The molecule has 0 spiro atoms. The molecule has 0 aliphatic heterocycles. The van der Waals surface area contributed by atoms with Crippen LogP contribution in [0.15, 0.2) is 34.2 Å². The Morgan fingerprint density at radius 1 is 1.16 bits per heavy atom. The number of halogens is 1. The number of benzene rings is 1. The maximum absolute atomic E-state index is 12.3. The van der Waals surface area contributed by atoms with E-state index in [1.807, 2.05) is 37.6 Å². The molecule has 0 aliphatic carbocycles. The van der Waals surface area contributed by atoms with Gasteiger partial charge in [-0.1, -0.05) is 12.1 Å². The maximum atomic E-state index is 12.3. The fourth-order valence-corrected chi connectivity index (χ4v) is 2.73. The van der Waals surface area contributed by atoms with E-state index >= 15 is 0 Å². The molecule has 142 valence electrons. The monoisotopic (exact) mass is 478 g/mol. The largest absolute Gasteiger partial charge is 0.357 e. The number of thioether (sulfide) groups is 1. The minimum Gasteiger partial charge on any atom is -0.357 e. The predicted octanol–water partition coefficient (Wildman–Crippen LogP) is 3.29. The fourth-order valence-electron chi connectivity index (χ4n) is 2.32. The summed E-state index contributed by atoms with van der Waals surface area (Å²) in [5.41, 5.74) is 1.16. The normalized spacial score (nSPS) is 10.8. The highest BCUT2D eigenvalue weighted by molar-refractivity contribution is 14.0. The van der Waals surface area contributed by atoms with E-state index in [0.29, 0.717) is 13.1 Å². The second-order valence-electron chi connectivity index (χ2n) is 5.44. The van der Waals surface area contributed by atoms with Gasteiger partial charge in [0.2, 0.25) is 5.91 Å². The molecule has 1 amide bonds. The first-order chi connectivity index (χ1) is 11.5. The summed E-state index contributed by atoms with van der Waals surface area (Å²) >= 11 is 1.73. The van der Waals surface area contributed by atoms with Crippen LogP contribution in [0, 0.1) is 0 Å². The van der Waals surface area contributed by atoms with Gasteiger partial charge in [0.25, 0.3) is 0 Å². The van der Waals surface area contributed by atoms with Crippen molar-refractivity contribution in [3.05, 3.63) is 29.8 Å². The van der Waals surface area contributed by atoms with Crippen LogP contribution in [0.5, 0.6) is 0 Å². The smallest absolute Gasteiger partial charge is 0.242 e. The Morgan fingerprint density at radius 3 is 2.24 bits per heavy atom. The van der Waals surface area contributed by atoms with E-state index in [4.69, 9.17) is 0 Å². The molecule has 0 heterocycles. The van der Waals surface area contributed by atoms with Gasteiger partial charge >= 0.3 is 0 Å². The quantitative estimate of drug-likeness (QED) is 0.270. The van der Waals surface area contributed by atoms with Crippen molar-refractivity contribution in [1.82, 2.24) is 15.1 Å². The van der Waals surface area contributed by atoms with Crippen molar-refractivity contribution in [1.29, 1.82) is 0 Å². The number of amides is 1. The zero-order valence-electron chi connectivity index (χ0n) is 15.9.